The van der Waals surface area contributed by atoms with E-state index in [1.165, 1.54) is 19.2 Å². The Morgan fingerprint density at radius 2 is 1.81 bits per heavy atom. The first-order chi connectivity index (χ1) is 23.1. The number of aromatic nitrogens is 5. The Labute approximate surface area is 276 Å². The van der Waals surface area contributed by atoms with Crippen molar-refractivity contribution >= 4 is 55.8 Å². The third kappa shape index (κ3) is 5.32. The van der Waals surface area contributed by atoms with E-state index in [2.05, 4.69) is 40.5 Å². The van der Waals surface area contributed by atoms with Crippen LogP contribution in [-0.2, 0) is 21.9 Å². The lowest BCUT2D eigenvalue weighted by Gasteiger charge is -2.35. The minimum Gasteiger partial charge on any atom is -0.478 e. The van der Waals surface area contributed by atoms with E-state index in [-0.39, 0.29) is 27.7 Å². The van der Waals surface area contributed by atoms with Gasteiger partial charge in [0.05, 0.1) is 47.5 Å². The number of aryl methyl sites for hydroxylation is 1. The molecular weight excluding hydrogens is 636 g/mol. The van der Waals surface area contributed by atoms with Gasteiger partial charge >= 0.3 is 0 Å². The SMILES string of the molecule is COc1nn(C)cc1Nc1nccc(-c2c[nH]c3c(N4C(=O)c5c(NC(=O)[C@@H](C)N6CCN(C)CC6)cccc5S4(=O)=O)cccc23)n1. The number of hydrogen-bond donors (Lipinski definition) is 3. The number of amides is 2. The van der Waals surface area contributed by atoms with Crippen LogP contribution >= 0.6 is 0 Å². The normalized spacial score (nSPS) is 17.0. The second-order valence-electron chi connectivity index (χ2n) is 11.8. The van der Waals surface area contributed by atoms with E-state index in [0.29, 0.717) is 39.7 Å². The number of para-hydroxylation sites is 1. The first-order valence-electron chi connectivity index (χ1n) is 15.3. The van der Waals surface area contributed by atoms with Gasteiger partial charge in [0.25, 0.3) is 21.8 Å². The molecule has 0 aliphatic carbocycles. The summed E-state index contributed by atoms with van der Waals surface area (Å²) in [4.78, 5) is 43.6. The Morgan fingerprint density at radius 3 is 2.58 bits per heavy atom. The average molecular weight is 671 g/mol. The fraction of sp³-hybridized carbons (Fsp3) is 0.281. The molecule has 248 valence electrons. The Kier molecular flexibility index (Phi) is 7.85. The molecule has 7 rings (SSSR count). The molecule has 0 radical (unpaired) electrons. The van der Waals surface area contributed by atoms with Gasteiger partial charge in [-0.15, -0.1) is 5.10 Å². The van der Waals surface area contributed by atoms with Gasteiger partial charge in [0.15, 0.2) is 0 Å². The number of H-pyrrole nitrogens is 1. The molecule has 1 atom stereocenters. The number of benzene rings is 2. The van der Waals surface area contributed by atoms with E-state index < -0.39 is 22.0 Å². The summed E-state index contributed by atoms with van der Waals surface area (Å²) in [6, 6.07) is 10.8. The zero-order valence-electron chi connectivity index (χ0n) is 26.8. The number of hydrogen-bond acceptors (Lipinski definition) is 11. The minimum atomic E-state index is -4.31. The number of carbonyl (C=O) groups is 2. The fourth-order valence-corrected chi connectivity index (χ4v) is 7.77. The predicted molar refractivity (Wildman–Crippen MR) is 180 cm³/mol. The number of likely N-dealkylation sites (N-methyl/N-ethyl adjacent to an activating group) is 1. The standard InChI is InChI=1S/C32H34N10O5S/c1-19(41-15-13-39(2)14-16-41)29(43)35-23-8-6-10-26-27(23)31(44)42(48(26,45)46)25-9-5-7-20-21(17-34-28(20)25)22-11-12-33-32(36-22)37-24-18-40(3)38-30(24)47-4/h5-12,17-19,34H,13-16H2,1-4H3,(H,35,43)(H,33,36,37)/t19-/m1/s1. The number of piperazine rings is 1. The van der Waals surface area contributed by atoms with Gasteiger partial charge < -0.3 is 25.3 Å². The lowest BCUT2D eigenvalue weighted by Crippen LogP contribution is -2.51. The van der Waals surface area contributed by atoms with Crippen LogP contribution in [0.1, 0.15) is 17.3 Å². The van der Waals surface area contributed by atoms with Crippen LogP contribution < -0.4 is 19.7 Å². The smallest absolute Gasteiger partial charge is 0.275 e. The monoisotopic (exact) mass is 670 g/mol. The molecule has 3 N–H and O–H groups in total. The number of fused-ring (bicyclic) bond motifs is 2. The third-order valence-corrected chi connectivity index (χ3v) is 10.5. The summed E-state index contributed by atoms with van der Waals surface area (Å²) in [5, 5.41) is 10.8. The van der Waals surface area contributed by atoms with Crippen molar-refractivity contribution in [2.75, 3.05) is 55.3 Å². The van der Waals surface area contributed by atoms with Crippen molar-refractivity contribution in [1.82, 2.24) is 34.5 Å². The van der Waals surface area contributed by atoms with Crippen molar-refractivity contribution in [3.8, 4) is 17.1 Å². The number of methoxy groups -OCH3 is 1. The van der Waals surface area contributed by atoms with Crippen molar-refractivity contribution in [2.24, 2.45) is 7.05 Å². The summed E-state index contributed by atoms with van der Waals surface area (Å²) in [6.07, 6.45) is 5.04. The Balaban J connectivity index is 1.20. The summed E-state index contributed by atoms with van der Waals surface area (Å²) in [5.41, 5.74) is 2.46. The maximum absolute atomic E-state index is 14.0. The highest BCUT2D eigenvalue weighted by Crippen LogP contribution is 2.42. The number of sulfonamides is 1. The van der Waals surface area contributed by atoms with E-state index in [4.69, 9.17) is 4.74 Å². The average Bonchev–Trinajstić information content (AvgIpc) is 3.73. The van der Waals surface area contributed by atoms with Gasteiger partial charge in [-0.05, 0) is 38.2 Å². The number of carbonyl (C=O) groups excluding carboxylic acids is 2. The lowest BCUT2D eigenvalue weighted by molar-refractivity contribution is -0.121. The van der Waals surface area contributed by atoms with Gasteiger partial charge in [-0.1, -0.05) is 18.2 Å². The van der Waals surface area contributed by atoms with E-state index in [1.807, 2.05) is 20.0 Å². The molecular formula is C32H34N10O5S. The van der Waals surface area contributed by atoms with Gasteiger partial charge in [0, 0.05) is 56.6 Å². The van der Waals surface area contributed by atoms with Crippen LogP contribution in [0.5, 0.6) is 5.88 Å². The van der Waals surface area contributed by atoms with E-state index in [1.54, 1.807) is 54.6 Å². The molecule has 1 saturated heterocycles. The molecule has 16 heteroatoms. The number of anilines is 4. The Bertz CT molecular complexity index is 2170. The maximum atomic E-state index is 14.0. The molecule has 15 nitrogen and oxygen atoms in total. The molecule has 2 aromatic carbocycles. The fourth-order valence-electron chi connectivity index (χ4n) is 6.14. The van der Waals surface area contributed by atoms with E-state index in [0.717, 1.165) is 30.5 Å². The number of ether oxygens (including phenoxy) is 1. The number of nitrogens with zero attached hydrogens (tertiary/aromatic N) is 7. The summed E-state index contributed by atoms with van der Waals surface area (Å²) < 4.78 is 35.6. The highest BCUT2D eigenvalue weighted by atomic mass is 32.2. The van der Waals surface area contributed by atoms with Crippen LogP contribution in [0.15, 0.2) is 66.0 Å². The molecule has 0 saturated carbocycles. The number of rotatable bonds is 8. The molecule has 5 heterocycles. The first kappa shape index (κ1) is 31.3. The van der Waals surface area contributed by atoms with Gasteiger partial charge in [-0.25, -0.2) is 18.4 Å². The van der Waals surface area contributed by atoms with E-state index >= 15 is 0 Å². The topological polar surface area (TPSA) is 171 Å². The highest BCUT2D eigenvalue weighted by molar-refractivity contribution is 7.94. The Morgan fingerprint density at radius 1 is 1.04 bits per heavy atom. The van der Waals surface area contributed by atoms with Crippen molar-refractivity contribution in [1.29, 1.82) is 0 Å². The summed E-state index contributed by atoms with van der Waals surface area (Å²) in [6.45, 7) is 4.95. The van der Waals surface area contributed by atoms with Gasteiger partial charge in [-0.3, -0.25) is 19.2 Å². The quantitative estimate of drug-likeness (QED) is 0.222. The lowest BCUT2D eigenvalue weighted by atomic mass is 10.1. The van der Waals surface area contributed by atoms with Gasteiger partial charge in [-0.2, -0.15) is 4.31 Å². The number of aromatic amines is 1. The molecule has 48 heavy (non-hydrogen) atoms. The van der Waals surface area contributed by atoms with Crippen molar-refractivity contribution < 1.29 is 22.7 Å². The van der Waals surface area contributed by atoms with Crippen LogP contribution in [0.25, 0.3) is 22.2 Å². The summed E-state index contributed by atoms with van der Waals surface area (Å²) >= 11 is 0. The molecule has 0 unspecified atom stereocenters. The zero-order chi connectivity index (χ0) is 33.7. The second kappa shape index (κ2) is 12.0. The molecule has 1 fully saturated rings. The predicted octanol–water partition coefficient (Wildman–Crippen LogP) is 3.03. The van der Waals surface area contributed by atoms with Crippen molar-refractivity contribution in [3.05, 3.63) is 66.6 Å². The van der Waals surface area contributed by atoms with Crippen LogP contribution in [-0.4, -0.2) is 101 Å². The second-order valence-corrected chi connectivity index (χ2v) is 13.5. The molecule has 2 amide bonds. The number of nitrogens with one attached hydrogen (secondary N) is 3. The Hall–Kier alpha value is -5.32. The third-order valence-electron chi connectivity index (χ3n) is 8.74. The first-order valence-corrected chi connectivity index (χ1v) is 16.7. The van der Waals surface area contributed by atoms with Crippen LogP contribution in [0.2, 0.25) is 0 Å². The van der Waals surface area contributed by atoms with Crippen LogP contribution in [0, 0.1) is 0 Å². The molecule has 3 aromatic heterocycles. The van der Waals surface area contributed by atoms with Gasteiger partial charge in [0.2, 0.25) is 11.9 Å². The molecule has 0 bridgehead atoms. The summed E-state index contributed by atoms with van der Waals surface area (Å²) in [5.74, 6) is -0.384. The summed E-state index contributed by atoms with van der Waals surface area (Å²) in [7, 11) is 1.02. The zero-order valence-corrected chi connectivity index (χ0v) is 27.6. The van der Waals surface area contributed by atoms with Crippen LogP contribution in [0.3, 0.4) is 0 Å². The molecule has 5 aromatic rings. The van der Waals surface area contributed by atoms with Crippen LogP contribution in [0.4, 0.5) is 23.0 Å². The molecule has 2 aliphatic rings. The largest absolute Gasteiger partial charge is 0.478 e. The highest BCUT2D eigenvalue weighted by Gasteiger charge is 2.45. The van der Waals surface area contributed by atoms with E-state index in [9.17, 15) is 18.0 Å². The van der Waals surface area contributed by atoms with Crippen molar-refractivity contribution in [3.63, 3.8) is 0 Å². The van der Waals surface area contributed by atoms with Gasteiger partial charge in [0.1, 0.15) is 10.6 Å². The molecule has 2 aliphatic heterocycles. The molecule has 0 spiro atoms. The minimum absolute atomic E-state index is 0.0717. The maximum Gasteiger partial charge on any atom is 0.275 e. The van der Waals surface area contributed by atoms with Crippen molar-refractivity contribution in [2.45, 2.75) is 17.9 Å².